The number of para-hydroxylation sites is 1. The van der Waals surface area contributed by atoms with Crippen molar-refractivity contribution in [2.24, 2.45) is 4.99 Å². The quantitative estimate of drug-likeness (QED) is 0.829. The summed E-state index contributed by atoms with van der Waals surface area (Å²) < 4.78 is 5.66. The van der Waals surface area contributed by atoms with Crippen LogP contribution in [0.25, 0.3) is 0 Å². The van der Waals surface area contributed by atoms with Gasteiger partial charge in [0.15, 0.2) is 5.17 Å². The molecule has 3 rings (SSSR count). The molecular weight excluding hydrogens is 232 g/mol. The van der Waals surface area contributed by atoms with E-state index in [2.05, 4.69) is 22.4 Å². The number of nitrogens with one attached hydrogen (secondary N) is 1. The van der Waals surface area contributed by atoms with E-state index >= 15 is 0 Å². The van der Waals surface area contributed by atoms with Gasteiger partial charge in [0.1, 0.15) is 5.75 Å². The van der Waals surface area contributed by atoms with Gasteiger partial charge in [-0.2, -0.15) is 0 Å². The molecule has 90 valence electrons. The highest BCUT2D eigenvalue weighted by Gasteiger charge is 2.22. The van der Waals surface area contributed by atoms with Crippen LogP contribution in [0.3, 0.4) is 0 Å². The number of ether oxygens (including phenoxy) is 1. The fraction of sp³-hybridized carbons (Fsp3) is 0.462. The molecule has 0 bridgehead atoms. The van der Waals surface area contributed by atoms with Gasteiger partial charge in [0.2, 0.25) is 0 Å². The van der Waals surface area contributed by atoms with Gasteiger partial charge in [0.05, 0.1) is 12.6 Å². The lowest BCUT2D eigenvalue weighted by Crippen LogP contribution is -2.31. The van der Waals surface area contributed by atoms with Gasteiger partial charge in [0.25, 0.3) is 0 Å². The van der Waals surface area contributed by atoms with E-state index in [0.29, 0.717) is 6.04 Å². The van der Waals surface area contributed by atoms with E-state index < -0.39 is 0 Å². The van der Waals surface area contributed by atoms with Crippen LogP contribution >= 0.6 is 11.8 Å². The minimum Gasteiger partial charge on any atom is -0.493 e. The molecule has 0 amide bonds. The third-order valence-electron chi connectivity index (χ3n) is 3.05. The van der Waals surface area contributed by atoms with E-state index in [4.69, 9.17) is 4.74 Å². The SMILES string of the molecule is c1ccc2c(c1)OCCC2NC1=NCCCS1. The predicted octanol–water partition coefficient (Wildman–Crippen LogP) is 2.59. The van der Waals surface area contributed by atoms with Gasteiger partial charge < -0.3 is 10.1 Å². The number of hydrogen-bond acceptors (Lipinski definition) is 4. The Bertz CT molecular complexity index is 433. The van der Waals surface area contributed by atoms with Crippen molar-refractivity contribution in [2.75, 3.05) is 18.9 Å². The smallest absolute Gasteiger partial charge is 0.157 e. The lowest BCUT2D eigenvalue weighted by atomic mass is 10.0. The minimum absolute atomic E-state index is 0.351. The van der Waals surface area contributed by atoms with Crippen LogP contribution in [0.5, 0.6) is 5.75 Å². The molecule has 1 N–H and O–H groups in total. The Labute approximate surface area is 106 Å². The van der Waals surface area contributed by atoms with Crippen molar-refractivity contribution >= 4 is 16.9 Å². The van der Waals surface area contributed by atoms with Crippen molar-refractivity contribution in [1.82, 2.24) is 5.32 Å². The number of fused-ring (bicyclic) bond motifs is 1. The summed E-state index contributed by atoms with van der Waals surface area (Å²) in [6, 6.07) is 8.62. The van der Waals surface area contributed by atoms with Gasteiger partial charge in [-0.05, 0) is 12.5 Å². The lowest BCUT2D eigenvalue weighted by Gasteiger charge is -2.28. The molecule has 0 saturated carbocycles. The molecule has 0 aliphatic carbocycles. The molecule has 1 aromatic rings. The highest BCUT2D eigenvalue weighted by molar-refractivity contribution is 8.13. The van der Waals surface area contributed by atoms with E-state index in [0.717, 1.165) is 30.5 Å². The average molecular weight is 248 g/mol. The largest absolute Gasteiger partial charge is 0.493 e. The zero-order valence-electron chi connectivity index (χ0n) is 9.69. The molecule has 0 fully saturated rings. The van der Waals surface area contributed by atoms with Gasteiger partial charge in [-0.25, -0.2) is 0 Å². The van der Waals surface area contributed by atoms with Crippen LogP contribution in [0.4, 0.5) is 0 Å². The van der Waals surface area contributed by atoms with Gasteiger partial charge >= 0.3 is 0 Å². The molecule has 0 spiro atoms. The Morgan fingerprint density at radius 2 is 2.29 bits per heavy atom. The first-order valence-electron chi connectivity index (χ1n) is 6.09. The first-order chi connectivity index (χ1) is 8.43. The molecule has 2 aliphatic rings. The van der Waals surface area contributed by atoms with Crippen LogP contribution in [0.2, 0.25) is 0 Å². The zero-order chi connectivity index (χ0) is 11.5. The Hall–Kier alpha value is -1.16. The van der Waals surface area contributed by atoms with Crippen LogP contribution in [0, 0.1) is 0 Å². The Kier molecular flexibility index (Phi) is 3.22. The number of thioether (sulfide) groups is 1. The van der Waals surface area contributed by atoms with Crippen molar-refractivity contribution < 1.29 is 4.74 Å². The number of aliphatic imine (C=N–C) groups is 1. The average Bonchev–Trinajstić information content (AvgIpc) is 2.40. The number of benzene rings is 1. The first kappa shape index (κ1) is 11.0. The lowest BCUT2D eigenvalue weighted by molar-refractivity contribution is 0.262. The Morgan fingerprint density at radius 3 is 3.18 bits per heavy atom. The summed E-state index contributed by atoms with van der Waals surface area (Å²) in [6.07, 6.45) is 2.21. The summed E-state index contributed by atoms with van der Waals surface area (Å²) in [7, 11) is 0. The molecule has 2 aliphatic heterocycles. The monoisotopic (exact) mass is 248 g/mol. The molecule has 1 unspecified atom stereocenters. The number of hydrogen-bond donors (Lipinski definition) is 1. The van der Waals surface area contributed by atoms with Crippen LogP contribution in [0.1, 0.15) is 24.4 Å². The van der Waals surface area contributed by atoms with E-state index in [1.165, 1.54) is 17.7 Å². The van der Waals surface area contributed by atoms with Gasteiger partial charge in [0, 0.05) is 24.3 Å². The first-order valence-corrected chi connectivity index (χ1v) is 7.07. The fourth-order valence-electron chi connectivity index (χ4n) is 2.19. The number of nitrogens with zero attached hydrogens (tertiary/aromatic N) is 1. The van der Waals surface area contributed by atoms with Crippen LogP contribution in [-0.2, 0) is 0 Å². The van der Waals surface area contributed by atoms with Crippen LogP contribution < -0.4 is 10.1 Å². The highest BCUT2D eigenvalue weighted by atomic mass is 32.2. The van der Waals surface area contributed by atoms with Gasteiger partial charge in [-0.15, -0.1) is 0 Å². The van der Waals surface area contributed by atoms with Crippen LogP contribution in [-0.4, -0.2) is 24.1 Å². The van der Waals surface area contributed by atoms with Crippen molar-refractivity contribution in [2.45, 2.75) is 18.9 Å². The summed E-state index contributed by atoms with van der Waals surface area (Å²) in [5, 5.41) is 4.64. The van der Waals surface area contributed by atoms with Crippen molar-refractivity contribution in [3.05, 3.63) is 29.8 Å². The minimum atomic E-state index is 0.351. The maximum Gasteiger partial charge on any atom is 0.157 e. The van der Waals surface area contributed by atoms with E-state index in [1.54, 1.807) is 0 Å². The highest BCUT2D eigenvalue weighted by Crippen LogP contribution is 2.32. The molecule has 17 heavy (non-hydrogen) atoms. The third kappa shape index (κ3) is 2.41. The summed E-state index contributed by atoms with van der Waals surface area (Å²) in [5.41, 5.74) is 1.26. The maximum atomic E-state index is 5.66. The Morgan fingerprint density at radius 1 is 1.35 bits per heavy atom. The fourth-order valence-corrected chi connectivity index (χ4v) is 3.06. The van der Waals surface area contributed by atoms with Crippen molar-refractivity contribution in [3.8, 4) is 5.75 Å². The molecule has 3 nitrogen and oxygen atoms in total. The van der Waals surface area contributed by atoms with Gasteiger partial charge in [-0.3, -0.25) is 4.99 Å². The second-order valence-electron chi connectivity index (χ2n) is 4.26. The molecule has 0 aromatic heterocycles. The summed E-state index contributed by atoms with van der Waals surface area (Å²) in [5.74, 6) is 2.19. The normalized spacial score (nSPS) is 23.3. The van der Waals surface area contributed by atoms with E-state index in [1.807, 2.05) is 23.9 Å². The predicted molar refractivity (Wildman–Crippen MR) is 71.8 cm³/mol. The summed E-state index contributed by atoms with van der Waals surface area (Å²) in [4.78, 5) is 4.52. The van der Waals surface area contributed by atoms with Crippen molar-refractivity contribution in [3.63, 3.8) is 0 Å². The third-order valence-corrected chi connectivity index (χ3v) is 4.07. The second-order valence-corrected chi connectivity index (χ2v) is 5.34. The van der Waals surface area contributed by atoms with E-state index in [9.17, 15) is 0 Å². The molecule has 1 atom stereocenters. The summed E-state index contributed by atoms with van der Waals surface area (Å²) >= 11 is 1.83. The molecule has 4 heteroatoms. The van der Waals surface area contributed by atoms with Gasteiger partial charge in [-0.1, -0.05) is 30.0 Å². The standard InChI is InChI=1S/C13H16N2OS/c1-2-5-12-10(4-1)11(6-8-16-12)15-13-14-7-3-9-17-13/h1-2,4-5,11H,3,6-9H2,(H,14,15). The molecule has 2 heterocycles. The Balaban J connectivity index is 1.78. The van der Waals surface area contributed by atoms with Crippen LogP contribution in [0.15, 0.2) is 29.3 Å². The summed E-state index contributed by atoms with van der Waals surface area (Å²) in [6.45, 7) is 1.74. The second kappa shape index (κ2) is 5.00. The molecule has 0 radical (unpaired) electrons. The zero-order valence-corrected chi connectivity index (χ0v) is 10.5. The molecule has 1 aromatic carbocycles. The topological polar surface area (TPSA) is 33.6 Å². The number of rotatable bonds is 1. The molecule has 0 saturated heterocycles. The molecular formula is C13H16N2OS. The van der Waals surface area contributed by atoms with Crippen molar-refractivity contribution in [1.29, 1.82) is 0 Å². The maximum absolute atomic E-state index is 5.66. The number of amidine groups is 1. The van der Waals surface area contributed by atoms with E-state index in [-0.39, 0.29) is 0 Å².